The van der Waals surface area contributed by atoms with Crippen molar-refractivity contribution in [2.24, 2.45) is 12.8 Å². The third kappa shape index (κ3) is 3.68. The maximum absolute atomic E-state index is 12.9. The van der Waals surface area contributed by atoms with Gasteiger partial charge < -0.3 is 5.73 Å². The van der Waals surface area contributed by atoms with E-state index in [0.717, 1.165) is 17.7 Å². The van der Waals surface area contributed by atoms with Crippen LogP contribution in [0.25, 0.3) is 16.2 Å². The molecule has 160 valence electrons. The molecule has 1 atom stereocenters. The van der Waals surface area contributed by atoms with Crippen molar-refractivity contribution in [2.45, 2.75) is 49.5 Å². The van der Waals surface area contributed by atoms with Crippen molar-refractivity contribution in [3.05, 3.63) is 39.8 Å². The summed E-state index contributed by atoms with van der Waals surface area (Å²) < 4.78 is 31.2. The number of nitrogens with one attached hydrogen (secondary N) is 1. The zero-order valence-corrected chi connectivity index (χ0v) is 18.5. The molecule has 1 aliphatic rings. The minimum atomic E-state index is -3.71. The van der Waals surface area contributed by atoms with Crippen molar-refractivity contribution < 1.29 is 13.2 Å². The first-order chi connectivity index (χ1) is 14.0. The number of sulfonamides is 1. The average molecular weight is 450 g/mol. The Morgan fingerprint density at radius 3 is 2.70 bits per heavy atom. The lowest BCUT2D eigenvalue weighted by Crippen LogP contribution is -2.34. The molecular formula is C19H23N5O4S2. The Hall–Kier alpha value is -2.50. The Morgan fingerprint density at radius 2 is 2.07 bits per heavy atom. The quantitative estimate of drug-likeness (QED) is 0.566. The molecule has 0 bridgehead atoms. The minimum absolute atomic E-state index is 0.0985. The summed E-state index contributed by atoms with van der Waals surface area (Å²) in [6, 6.07) is 4.63. The number of nitrogens with two attached hydrogens (primary N) is 1. The molecule has 0 saturated heterocycles. The van der Waals surface area contributed by atoms with Gasteiger partial charge in [0.1, 0.15) is 0 Å². The van der Waals surface area contributed by atoms with Crippen LogP contribution in [0.2, 0.25) is 0 Å². The van der Waals surface area contributed by atoms with Gasteiger partial charge in [-0.3, -0.25) is 9.36 Å². The monoisotopic (exact) mass is 449 g/mol. The van der Waals surface area contributed by atoms with Gasteiger partial charge in [-0.15, -0.1) is 11.3 Å². The van der Waals surface area contributed by atoms with E-state index >= 15 is 0 Å². The number of aromatic nitrogens is 3. The molecule has 0 aliphatic heterocycles. The summed E-state index contributed by atoms with van der Waals surface area (Å²) in [5, 5.41) is 0.411. The molecule has 2 aromatic heterocycles. The fourth-order valence-electron chi connectivity index (χ4n) is 3.36. The van der Waals surface area contributed by atoms with Gasteiger partial charge in [-0.05, 0) is 38.0 Å². The number of hydrogen-bond donors (Lipinski definition) is 2. The van der Waals surface area contributed by atoms with E-state index in [9.17, 15) is 18.0 Å². The number of imidazole rings is 1. The summed E-state index contributed by atoms with van der Waals surface area (Å²) >= 11 is 1.28. The van der Waals surface area contributed by atoms with E-state index in [0.29, 0.717) is 16.2 Å². The lowest BCUT2D eigenvalue weighted by molar-refractivity contribution is -0.118. The van der Waals surface area contributed by atoms with E-state index in [4.69, 9.17) is 5.73 Å². The van der Waals surface area contributed by atoms with Crippen molar-refractivity contribution in [2.75, 3.05) is 0 Å². The van der Waals surface area contributed by atoms with E-state index in [1.54, 1.807) is 19.3 Å². The second-order valence-corrected chi connectivity index (χ2v) is 10.8. The lowest BCUT2D eigenvalue weighted by Gasteiger charge is -2.12. The molecule has 30 heavy (non-hydrogen) atoms. The van der Waals surface area contributed by atoms with Gasteiger partial charge in [-0.1, -0.05) is 6.92 Å². The van der Waals surface area contributed by atoms with Gasteiger partial charge in [0, 0.05) is 36.0 Å². The maximum atomic E-state index is 12.9. The Kier molecular flexibility index (Phi) is 4.87. The standard InChI is InChI=1S/C19H23N5O4S2/c1-11(8-16(20)25)15-10-21-17(29-15)24-14-9-12(4-5-13(14)23(3)18(24)26)30(27,28)22-19(2)6-7-19/h4-5,9-11,22H,6-8H2,1-3H3,(H2,20,25). The predicted octanol–water partition coefficient (Wildman–Crippen LogP) is 1.60. The smallest absolute Gasteiger partial charge is 0.335 e. The Morgan fingerprint density at radius 1 is 1.37 bits per heavy atom. The molecule has 9 nitrogen and oxygen atoms in total. The summed E-state index contributed by atoms with van der Waals surface area (Å²) in [4.78, 5) is 29.4. The number of carbonyl (C=O) groups excluding carboxylic acids is 1. The molecule has 4 rings (SSSR count). The van der Waals surface area contributed by atoms with Gasteiger partial charge >= 0.3 is 5.69 Å². The van der Waals surface area contributed by atoms with Crippen LogP contribution in [0.3, 0.4) is 0 Å². The van der Waals surface area contributed by atoms with Crippen molar-refractivity contribution in [1.82, 2.24) is 18.8 Å². The van der Waals surface area contributed by atoms with Crippen LogP contribution in [0.15, 0.2) is 34.1 Å². The molecule has 1 aliphatic carbocycles. The van der Waals surface area contributed by atoms with Gasteiger partial charge in [0.15, 0.2) is 5.13 Å². The lowest BCUT2D eigenvalue weighted by atomic mass is 10.1. The van der Waals surface area contributed by atoms with Crippen LogP contribution in [0.4, 0.5) is 0 Å². The fraction of sp³-hybridized carbons (Fsp3) is 0.421. The van der Waals surface area contributed by atoms with E-state index in [-0.39, 0.29) is 22.9 Å². The number of aryl methyl sites for hydroxylation is 1. The number of hydrogen-bond acceptors (Lipinski definition) is 6. The summed E-state index contributed by atoms with van der Waals surface area (Å²) in [6.07, 6.45) is 3.40. The first-order valence-corrected chi connectivity index (χ1v) is 11.8. The van der Waals surface area contributed by atoms with Crippen LogP contribution in [0, 0.1) is 0 Å². The van der Waals surface area contributed by atoms with Gasteiger partial charge in [0.2, 0.25) is 15.9 Å². The Labute approximate surface area is 177 Å². The summed E-state index contributed by atoms with van der Waals surface area (Å²) in [5.74, 6) is -0.537. The highest BCUT2D eigenvalue weighted by molar-refractivity contribution is 7.89. The highest BCUT2D eigenvalue weighted by atomic mass is 32.2. The second kappa shape index (κ2) is 7.03. The number of primary amides is 1. The van der Waals surface area contributed by atoms with Crippen LogP contribution in [-0.2, 0) is 21.9 Å². The fourth-order valence-corrected chi connectivity index (χ4v) is 5.82. The Bertz CT molecular complexity index is 1310. The van der Waals surface area contributed by atoms with E-state index in [1.807, 2.05) is 13.8 Å². The molecule has 3 N–H and O–H groups in total. The number of nitrogens with zero attached hydrogens (tertiary/aromatic N) is 3. The van der Waals surface area contributed by atoms with Crippen LogP contribution >= 0.6 is 11.3 Å². The number of thiazole rings is 1. The molecule has 11 heteroatoms. The van der Waals surface area contributed by atoms with Crippen molar-refractivity contribution >= 4 is 38.3 Å². The maximum Gasteiger partial charge on any atom is 0.335 e. The Balaban J connectivity index is 1.80. The normalized spacial score (nSPS) is 16.6. The van der Waals surface area contributed by atoms with Gasteiger partial charge in [-0.2, -0.15) is 0 Å². The van der Waals surface area contributed by atoms with Gasteiger partial charge in [0.05, 0.1) is 15.9 Å². The van der Waals surface area contributed by atoms with Crippen LogP contribution in [-0.4, -0.2) is 34.0 Å². The minimum Gasteiger partial charge on any atom is -0.370 e. The number of amides is 1. The molecule has 1 amide bonds. The van der Waals surface area contributed by atoms with Crippen LogP contribution in [0.1, 0.15) is 43.9 Å². The molecule has 1 saturated carbocycles. The topological polar surface area (TPSA) is 129 Å². The molecule has 0 radical (unpaired) electrons. The van der Waals surface area contributed by atoms with Crippen molar-refractivity contribution in [3.63, 3.8) is 0 Å². The third-order valence-electron chi connectivity index (χ3n) is 5.41. The molecule has 1 aromatic carbocycles. The van der Waals surface area contributed by atoms with Gasteiger partial charge in [-0.25, -0.2) is 27.5 Å². The molecule has 2 heterocycles. The van der Waals surface area contributed by atoms with Crippen molar-refractivity contribution in [1.29, 1.82) is 0 Å². The third-order valence-corrected chi connectivity index (χ3v) is 8.26. The largest absolute Gasteiger partial charge is 0.370 e. The zero-order valence-electron chi connectivity index (χ0n) is 16.9. The summed E-state index contributed by atoms with van der Waals surface area (Å²) in [7, 11) is -2.09. The predicted molar refractivity (Wildman–Crippen MR) is 114 cm³/mol. The first-order valence-electron chi connectivity index (χ1n) is 9.51. The molecule has 1 fully saturated rings. The highest BCUT2D eigenvalue weighted by Crippen LogP contribution is 2.36. The summed E-state index contributed by atoms with van der Waals surface area (Å²) in [5.41, 5.74) is 5.60. The number of benzene rings is 1. The summed E-state index contributed by atoms with van der Waals surface area (Å²) in [6.45, 7) is 3.73. The molecular weight excluding hydrogens is 426 g/mol. The molecule has 0 spiro atoms. The van der Waals surface area contributed by atoms with E-state index in [2.05, 4.69) is 9.71 Å². The van der Waals surface area contributed by atoms with E-state index < -0.39 is 21.5 Å². The number of carbonyl (C=O) groups is 1. The molecule has 1 unspecified atom stereocenters. The first kappa shape index (κ1) is 20.8. The van der Waals surface area contributed by atoms with Crippen molar-refractivity contribution in [3.8, 4) is 5.13 Å². The number of fused-ring (bicyclic) bond motifs is 1. The molecule has 3 aromatic rings. The SMILES string of the molecule is CC(CC(N)=O)c1cnc(-n2c(=O)n(C)c3ccc(S(=O)(=O)NC4(C)CC4)cc32)s1. The highest BCUT2D eigenvalue weighted by Gasteiger charge is 2.41. The zero-order chi connectivity index (χ0) is 21.8. The van der Waals surface area contributed by atoms with Crippen LogP contribution in [0.5, 0.6) is 0 Å². The second-order valence-electron chi connectivity index (χ2n) is 8.11. The van der Waals surface area contributed by atoms with E-state index in [1.165, 1.54) is 32.6 Å². The number of rotatable bonds is 7. The van der Waals surface area contributed by atoms with Gasteiger partial charge in [0.25, 0.3) is 0 Å². The average Bonchev–Trinajstić information content (AvgIpc) is 3.09. The van der Waals surface area contributed by atoms with Crippen LogP contribution < -0.4 is 16.1 Å².